The van der Waals surface area contributed by atoms with Crippen LogP contribution < -0.4 is 0 Å². The van der Waals surface area contributed by atoms with E-state index in [0.29, 0.717) is 76.5 Å². The number of carbonyl (C=O) groups excluding carboxylic acids is 2. The molecule has 0 amide bonds. The van der Waals surface area contributed by atoms with Crippen molar-refractivity contribution in [2.24, 2.45) is 0 Å². The summed E-state index contributed by atoms with van der Waals surface area (Å²) in [5, 5.41) is 10.2. The lowest BCUT2D eigenvalue weighted by molar-refractivity contribution is 0.0669. The zero-order chi connectivity index (χ0) is 25.0. The molecule has 0 saturated heterocycles. The predicted molar refractivity (Wildman–Crippen MR) is 133 cm³/mol. The van der Waals surface area contributed by atoms with E-state index in [0.717, 1.165) is 22.3 Å². The number of hydrogen-bond acceptors (Lipinski definition) is 7. The molecule has 0 bridgehead atoms. The fourth-order valence-electron chi connectivity index (χ4n) is 4.35. The van der Waals surface area contributed by atoms with Crippen LogP contribution in [0.15, 0.2) is 36.4 Å². The zero-order valence-corrected chi connectivity index (χ0v) is 20.7. The van der Waals surface area contributed by atoms with Crippen molar-refractivity contribution in [3.05, 3.63) is 58.7 Å². The monoisotopic (exact) mass is 484 g/mol. The number of aliphatic hydroxyl groups is 1. The summed E-state index contributed by atoms with van der Waals surface area (Å²) < 4.78 is 20.8. The third-order valence-electron chi connectivity index (χ3n) is 6.22. The lowest BCUT2D eigenvalue weighted by Gasteiger charge is -2.12. The van der Waals surface area contributed by atoms with Gasteiger partial charge in [0, 0.05) is 57.3 Å². The first-order valence-corrected chi connectivity index (χ1v) is 12.2. The van der Waals surface area contributed by atoms with Crippen LogP contribution in [0.5, 0.6) is 0 Å². The number of methoxy groups -OCH3 is 2. The minimum absolute atomic E-state index is 0.0550. The van der Waals surface area contributed by atoms with Gasteiger partial charge in [-0.1, -0.05) is 24.3 Å². The van der Waals surface area contributed by atoms with Crippen LogP contribution in [-0.2, 0) is 18.9 Å². The van der Waals surface area contributed by atoms with Crippen molar-refractivity contribution in [2.45, 2.75) is 31.6 Å². The van der Waals surface area contributed by atoms with Crippen molar-refractivity contribution >= 4 is 11.6 Å². The summed E-state index contributed by atoms with van der Waals surface area (Å²) >= 11 is 0. The van der Waals surface area contributed by atoms with Crippen molar-refractivity contribution in [1.29, 1.82) is 0 Å². The van der Waals surface area contributed by atoms with Crippen LogP contribution >= 0.6 is 0 Å². The van der Waals surface area contributed by atoms with Crippen LogP contribution in [0.1, 0.15) is 63.4 Å². The van der Waals surface area contributed by atoms with Crippen molar-refractivity contribution in [3.8, 4) is 11.1 Å². The highest BCUT2D eigenvalue weighted by Crippen LogP contribution is 2.45. The molecule has 7 nitrogen and oxygen atoms in total. The molecule has 0 spiro atoms. The van der Waals surface area contributed by atoms with Crippen LogP contribution in [-0.4, -0.2) is 77.1 Å². The van der Waals surface area contributed by atoms with Gasteiger partial charge in [-0.3, -0.25) is 9.59 Å². The minimum Gasteiger partial charge on any atom is -0.395 e. The van der Waals surface area contributed by atoms with Gasteiger partial charge in [-0.05, 0) is 47.2 Å². The summed E-state index contributed by atoms with van der Waals surface area (Å²) in [7, 11) is 3.25. The van der Waals surface area contributed by atoms with Crippen LogP contribution in [0.2, 0.25) is 0 Å². The summed E-state index contributed by atoms with van der Waals surface area (Å²) in [6.45, 7) is 3.06. The summed E-state index contributed by atoms with van der Waals surface area (Å²) in [5.41, 5.74) is 5.14. The Morgan fingerprint density at radius 2 is 1.17 bits per heavy atom. The fraction of sp³-hybridized carbons (Fsp3) is 0.500. The Labute approximate surface area is 207 Å². The molecule has 2 aromatic carbocycles. The highest BCUT2D eigenvalue weighted by molar-refractivity contribution is 5.99. The Balaban J connectivity index is 1.63. The van der Waals surface area contributed by atoms with Crippen LogP contribution in [0.4, 0.5) is 0 Å². The molecule has 0 aromatic heterocycles. The van der Waals surface area contributed by atoms with Gasteiger partial charge in [0.1, 0.15) is 0 Å². The Morgan fingerprint density at radius 3 is 1.57 bits per heavy atom. The van der Waals surface area contributed by atoms with Crippen molar-refractivity contribution in [3.63, 3.8) is 0 Å². The molecular weight excluding hydrogens is 448 g/mol. The van der Waals surface area contributed by atoms with Crippen LogP contribution in [0, 0.1) is 0 Å². The van der Waals surface area contributed by atoms with Gasteiger partial charge in [-0.2, -0.15) is 0 Å². The number of Topliss-reactive ketones (excluding diaryl/α,β-unsaturated/α-hetero) is 2. The highest BCUT2D eigenvalue weighted by atomic mass is 16.5. The van der Waals surface area contributed by atoms with Gasteiger partial charge in [-0.15, -0.1) is 0 Å². The van der Waals surface area contributed by atoms with Gasteiger partial charge < -0.3 is 24.1 Å². The summed E-state index contributed by atoms with van der Waals surface area (Å²) in [6.07, 6.45) is 2.09. The number of ketones is 2. The molecule has 190 valence electrons. The van der Waals surface area contributed by atoms with E-state index in [1.165, 1.54) is 0 Å². The topological polar surface area (TPSA) is 91.3 Å². The lowest BCUT2D eigenvalue weighted by atomic mass is 9.93. The smallest absolute Gasteiger partial charge is 0.162 e. The number of rotatable bonds is 17. The maximum absolute atomic E-state index is 12.7. The molecule has 1 aliphatic carbocycles. The lowest BCUT2D eigenvalue weighted by Crippen LogP contribution is -2.08. The average Bonchev–Trinajstić information content (AvgIpc) is 3.19. The minimum atomic E-state index is -0.254. The molecule has 1 N–H and O–H groups in total. The van der Waals surface area contributed by atoms with Gasteiger partial charge in [0.2, 0.25) is 0 Å². The van der Waals surface area contributed by atoms with Gasteiger partial charge in [-0.25, -0.2) is 0 Å². The highest BCUT2D eigenvalue weighted by Gasteiger charge is 2.29. The van der Waals surface area contributed by atoms with Crippen molar-refractivity contribution in [1.82, 2.24) is 0 Å². The molecule has 0 unspecified atom stereocenters. The molecule has 0 aliphatic heterocycles. The van der Waals surface area contributed by atoms with Gasteiger partial charge in [0.25, 0.3) is 0 Å². The molecule has 1 aliphatic rings. The number of ether oxygens (including phenoxy) is 4. The van der Waals surface area contributed by atoms with E-state index in [-0.39, 0.29) is 24.1 Å². The second-order valence-corrected chi connectivity index (χ2v) is 8.60. The number of carbonyl (C=O) groups is 2. The zero-order valence-electron chi connectivity index (χ0n) is 20.7. The second kappa shape index (κ2) is 14.2. The van der Waals surface area contributed by atoms with E-state index < -0.39 is 0 Å². The maximum atomic E-state index is 12.7. The Morgan fingerprint density at radius 1 is 0.714 bits per heavy atom. The van der Waals surface area contributed by atoms with Gasteiger partial charge in [0.15, 0.2) is 11.6 Å². The number of benzene rings is 2. The summed E-state index contributed by atoms with van der Waals surface area (Å²) in [4.78, 5) is 25.4. The van der Waals surface area contributed by atoms with Crippen molar-refractivity contribution < 1.29 is 33.6 Å². The van der Waals surface area contributed by atoms with Crippen molar-refractivity contribution in [2.75, 3.05) is 60.5 Å². The van der Waals surface area contributed by atoms with Gasteiger partial charge in [0.05, 0.1) is 33.0 Å². The average molecular weight is 485 g/mol. The largest absolute Gasteiger partial charge is 0.395 e. The number of fused-ring (bicyclic) bond motifs is 3. The molecule has 0 fully saturated rings. The molecule has 0 radical (unpaired) electrons. The van der Waals surface area contributed by atoms with E-state index in [4.69, 9.17) is 18.9 Å². The molecule has 2 aromatic rings. The maximum Gasteiger partial charge on any atom is 0.162 e. The van der Waals surface area contributed by atoms with Crippen LogP contribution in [0.3, 0.4) is 0 Å². The quantitative estimate of drug-likeness (QED) is 0.268. The normalized spacial score (nSPS) is 12.5. The Bertz CT molecular complexity index is 908. The first-order valence-electron chi connectivity index (χ1n) is 12.2. The molecule has 35 heavy (non-hydrogen) atoms. The predicted octanol–water partition coefficient (Wildman–Crippen LogP) is 4.04. The first-order chi connectivity index (χ1) is 17.1. The summed E-state index contributed by atoms with van der Waals surface area (Å²) in [6, 6.07) is 11.4. The van der Waals surface area contributed by atoms with Gasteiger partial charge >= 0.3 is 0 Å². The molecule has 0 heterocycles. The molecule has 0 atom stereocenters. The Hall–Kier alpha value is -2.42. The van der Waals surface area contributed by atoms with E-state index in [1.54, 1.807) is 14.2 Å². The van der Waals surface area contributed by atoms with E-state index in [9.17, 15) is 14.7 Å². The number of hydrogen-bond donors (Lipinski definition) is 1. The molecule has 0 saturated carbocycles. The standard InChI is InChI=1S/C28H36O7/c1-32-13-15-34-11-3-5-27(30)20-7-9-22-23-10-8-21(18-25(23)26(19-29)24(22)17-20)28(31)6-4-12-35-16-14-33-2/h7-10,17-18,26,29H,3-6,11-16,19H2,1-2H3. The number of aliphatic hydroxyl groups excluding tert-OH is 1. The molecule has 3 rings (SSSR count). The molecule has 7 heteroatoms. The fourth-order valence-corrected chi connectivity index (χ4v) is 4.35. The summed E-state index contributed by atoms with van der Waals surface area (Å²) in [5.74, 6) is -0.144. The first kappa shape index (κ1) is 27.2. The van der Waals surface area contributed by atoms with E-state index in [2.05, 4.69) is 0 Å². The molecular formula is C28H36O7. The second-order valence-electron chi connectivity index (χ2n) is 8.60. The third kappa shape index (κ3) is 7.29. The third-order valence-corrected chi connectivity index (χ3v) is 6.22. The van der Waals surface area contributed by atoms with Crippen LogP contribution in [0.25, 0.3) is 11.1 Å². The SMILES string of the molecule is COCCOCCCC(=O)c1ccc2c(c1)C(CO)c1cc(C(=O)CCCOCCOC)ccc1-2. The van der Waals surface area contributed by atoms with E-state index >= 15 is 0 Å². The Kier molecular flexibility index (Phi) is 11.0. The van der Waals surface area contributed by atoms with E-state index in [1.807, 2.05) is 36.4 Å².